The normalized spacial score (nSPS) is 15.7. The summed E-state index contributed by atoms with van der Waals surface area (Å²) in [6.45, 7) is 2.47. The Bertz CT molecular complexity index is 273. The molecule has 0 amide bonds. The smallest absolute Gasteiger partial charge is 0.132 e. The predicted octanol–water partition coefficient (Wildman–Crippen LogP) is 1.57. The highest BCUT2D eigenvalue weighted by molar-refractivity contribution is 5.19. The van der Waals surface area contributed by atoms with E-state index < -0.39 is 12.3 Å². The lowest BCUT2D eigenvalue weighted by Gasteiger charge is -2.18. The molecule has 0 aliphatic rings. The number of rotatable bonds is 2. The monoisotopic (exact) mass is 169 g/mol. The van der Waals surface area contributed by atoms with E-state index in [1.807, 2.05) is 6.92 Å². The van der Waals surface area contributed by atoms with Gasteiger partial charge in [0, 0.05) is 6.20 Å². The summed E-state index contributed by atoms with van der Waals surface area (Å²) in [6.07, 6.45) is 1.56. The van der Waals surface area contributed by atoms with Crippen LogP contribution in [0.25, 0.3) is 0 Å². The van der Waals surface area contributed by atoms with E-state index in [-0.39, 0.29) is 0 Å². The van der Waals surface area contributed by atoms with Crippen LogP contribution in [-0.2, 0) is 5.60 Å². The molecule has 1 atom stereocenters. The van der Waals surface area contributed by atoms with E-state index in [2.05, 4.69) is 4.98 Å². The number of pyridine rings is 1. The molecule has 0 radical (unpaired) electrons. The third-order valence-corrected chi connectivity index (χ3v) is 1.73. The summed E-state index contributed by atoms with van der Waals surface area (Å²) in [4.78, 5) is 3.89. The van der Waals surface area contributed by atoms with Crippen molar-refractivity contribution in [3.63, 3.8) is 0 Å². The van der Waals surface area contributed by atoms with Crippen molar-refractivity contribution >= 4 is 0 Å². The Hall–Kier alpha value is -0.960. The van der Waals surface area contributed by atoms with E-state index in [1.54, 1.807) is 18.3 Å². The van der Waals surface area contributed by atoms with Crippen molar-refractivity contribution in [1.82, 2.24) is 4.98 Å². The zero-order valence-corrected chi connectivity index (χ0v) is 7.21. The molecule has 1 unspecified atom stereocenters. The average Bonchev–Trinajstić information content (AvgIpc) is 2.05. The van der Waals surface area contributed by atoms with Crippen LogP contribution in [0.4, 0.5) is 4.39 Å². The summed E-state index contributed by atoms with van der Waals surface area (Å²) in [5.41, 5.74) is -0.106. The van der Waals surface area contributed by atoms with E-state index >= 15 is 0 Å². The Morgan fingerprint density at radius 2 is 2.33 bits per heavy atom. The number of hydrogen-bond donors (Lipinski definition) is 1. The quantitative estimate of drug-likeness (QED) is 0.728. The molecular weight excluding hydrogens is 157 g/mol. The molecule has 0 fully saturated rings. The minimum Gasteiger partial charge on any atom is -0.381 e. The maximum atomic E-state index is 12.3. The van der Waals surface area contributed by atoms with Crippen molar-refractivity contribution in [3.05, 3.63) is 29.6 Å². The second kappa shape index (κ2) is 3.19. The minimum atomic E-state index is -1.45. The van der Waals surface area contributed by atoms with Crippen LogP contribution in [0.5, 0.6) is 0 Å². The molecule has 1 aromatic rings. The number of aromatic nitrogens is 1. The first-order chi connectivity index (χ1) is 5.56. The van der Waals surface area contributed by atoms with Crippen molar-refractivity contribution in [2.45, 2.75) is 19.4 Å². The largest absolute Gasteiger partial charge is 0.381 e. The van der Waals surface area contributed by atoms with E-state index in [4.69, 9.17) is 0 Å². The number of alkyl halides is 1. The van der Waals surface area contributed by atoms with Crippen LogP contribution in [0.1, 0.15) is 18.2 Å². The summed E-state index contributed by atoms with van der Waals surface area (Å²) >= 11 is 0. The Morgan fingerprint density at radius 1 is 1.67 bits per heavy atom. The summed E-state index contributed by atoms with van der Waals surface area (Å²) in [5, 5.41) is 9.48. The van der Waals surface area contributed by atoms with E-state index in [1.165, 1.54) is 6.92 Å². The van der Waals surface area contributed by atoms with Crippen LogP contribution in [-0.4, -0.2) is 16.8 Å². The highest BCUT2D eigenvalue weighted by atomic mass is 19.1. The number of halogens is 1. The molecule has 1 heterocycles. The van der Waals surface area contributed by atoms with E-state index in [0.717, 1.165) is 5.56 Å². The molecule has 0 bridgehead atoms. The van der Waals surface area contributed by atoms with Gasteiger partial charge in [-0.05, 0) is 31.5 Å². The van der Waals surface area contributed by atoms with E-state index in [9.17, 15) is 9.50 Å². The molecule has 0 saturated heterocycles. The van der Waals surface area contributed by atoms with Crippen molar-refractivity contribution in [2.75, 3.05) is 6.67 Å². The van der Waals surface area contributed by atoms with Crippen molar-refractivity contribution in [1.29, 1.82) is 0 Å². The Morgan fingerprint density at radius 3 is 2.83 bits per heavy atom. The van der Waals surface area contributed by atoms with Gasteiger partial charge in [0.2, 0.25) is 0 Å². The highest BCUT2D eigenvalue weighted by Gasteiger charge is 2.24. The SMILES string of the molecule is Cc1ccnc(C(C)(O)CF)c1. The van der Waals surface area contributed by atoms with Gasteiger partial charge >= 0.3 is 0 Å². The van der Waals surface area contributed by atoms with E-state index in [0.29, 0.717) is 5.69 Å². The highest BCUT2D eigenvalue weighted by Crippen LogP contribution is 2.18. The summed E-state index contributed by atoms with van der Waals surface area (Å²) in [7, 11) is 0. The van der Waals surface area contributed by atoms with Crippen LogP contribution in [0, 0.1) is 6.92 Å². The van der Waals surface area contributed by atoms with Crippen LogP contribution >= 0.6 is 0 Å². The number of hydrogen-bond acceptors (Lipinski definition) is 2. The number of aliphatic hydroxyl groups is 1. The molecule has 1 rings (SSSR count). The molecule has 0 aliphatic carbocycles. The molecular formula is C9H12FNO. The fourth-order valence-electron chi connectivity index (χ4n) is 0.899. The first kappa shape index (κ1) is 9.13. The fraction of sp³-hybridized carbons (Fsp3) is 0.444. The van der Waals surface area contributed by atoms with Gasteiger partial charge in [0.15, 0.2) is 0 Å². The van der Waals surface area contributed by atoms with Gasteiger partial charge in [-0.3, -0.25) is 4.98 Å². The molecule has 0 saturated carbocycles. The zero-order chi connectivity index (χ0) is 9.19. The van der Waals surface area contributed by atoms with Crippen LogP contribution in [0.15, 0.2) is 18.3 Å². The summed E-state index contributed by atoms with van der Waals surface area (Å²) in [5.74, 6) is 0. The topological polar surface area (TPSA) is 33.1 Å². The lowest BCUT2D eigenvalue weighted by Crippen LogP contribution is -2.25. The molecule has 66 valence electrons. The van der Waals surface area contributed by atoms with Gasteiger partial charge in [0.05, 0.1) is 5.69 Å². The second-order valence-electron chi connectivity index (χ2n) is 3.13. The Labute approximate surface area is 71.1 Å². The first-order valence-electron chi connectivity index (χ1n) is 3.78. The van der Waals surface area contributed by atoms with Crippen LogP contribution in [0.2, 0.25) is 0 Å². The zero-order valence-electron chi connectivity index (χ0n) is 7.21. The van der Waals surface area contributed by atoms with Crippen molar-refractivity contribution in [3.8, 4) is 0 Å². The minimum absolute atomic E-state index is 0.380. The number of aryl methyl sites for hydroxylation is 1. The van der Waals surface area contributed by atoms with Gasteiger partial charge in [0.25, 0.3) is 0 Å². The molecule has 0 aliphatic heterocycles. The molecule has 2 nitrogen and oxygen atoms in total. The van der Waals surface area contributed by atoms with Gasteiger partial charge in [-0.1, -0.05) is 0 Å². The molecule has 0 spiro atoms. The average molecular weight is 169 g/mol. The van der Waals surface area contributed by atoms with Gasteiger partial charge in [-0.25, -0.2) is 4.39 Å². The Kier molecular flexibility index (Phi) is 2.43. The number of nitrogens with zero attached hydrogens (tertiary/aromatic N) is 1. The molecule has 12 heavy (non-hydrogen) atoms. The molecule has 1 N–H and O–H groups in total. The summed E-state index contributed by atoms with van der Waals surface area (Å²) in [6, 6.07) is 3.48. The van der Waals surface area contributed by atoms with Crippen molar-refractivity contribution < 1.29 is 9.50 Å². The van der Waals surface area contributed by atoms with Crippen LogP contribution < -0.4 is 0 Å². The lowest BCUT2D eigenvalue weighted by molar-refractivity contribution is 0.0258. The van der Waals surface area contributed by atoms with Gasteiger partial charge < -0.3 is 5.11 Å². The Balaban J connectivity index is 3.03. The second-order valence-corrected chi connectivity index (χ2v) is 3.13. The van der Waals surface area contributed by atoms with Gasteiger partial charge in [-0.2, -0.15) is 0 Å². The van der Waals surface area contributed by atoms with Gasteiger partial charge in [-0.15, -0.1) is 0 Å². The molecule has 3 heteroatoms. The fourth-order valence-corrected chi connectivity index (χ4v) is 0.899. The van der Waals surface area contributed by atoms with Gasteiger partial charge in [0.1, 0.15) is 12.3 Å². The lowest BCUT2D eigenvalue weighted by atomic mass is 10.0. The predicted molar refractivity (Wildman–Crippen MR) is 44.5 cm³/mol. The maximum Gasteiger partial charge on any atom is 0.132 e. The standard InChI is InChI=1S/C9H12FNO/c1-7-3-4-11-8(5-7)9(2,12)6-10/h3-5,12H,6H2,1-2H3. The molecule has 0 aromatic carbocycles. The van der Waals surface area contributed by atoms with Crippen molar-refractivity contribution in [2.24, 2.45) is 0 Å². The third kappa shape index (κ3) is 1.80. The van der Waals surface area contributed by atoms with Crippen LogP contribution in [0.3, 0.4) is 0 Å². The maximum absolute atomic E-state index is 12.3. The third-order valence-electron chi connectivity index (χ3n) is 1.73. The first-order valence-corrected chi connectivity index (χ1v) is 3.78. The summed E-state index contributed by atoms with van der Waals surface area (Å²) < 4.78 is 12.3. The molecule has 1 aromatic heterocycles.